The van der Waals surface area contributed by atoms with Gasteiger partial charge in [-0.05, 0) is 31.2 Å². The van der Waals surface area contributed by atoms with Gasteiger partial charge in [0.1, 0.15) is 11.6 Å². The predicted molar refractivity (Wildman–Crippen MR) is 108 cm³/mol. The number of hydrogen-bond donors (Lipinski definition) is 0. The number of carbonyl (C=O) groups is 1. The SMILES string of the molecule is Cc1nc(N2CCN(C(=O)c3ccco3)CC2)c2cnn(-c3ccccc3)c2n1. The number of furan rings is 1. The van der Waals surface area contributed by atoms with Crippen LogP contribution >= 0.6 is 0 Å². The first-order valence-corrected chi connectivity index (χ1v) is 9.56. The number of piperazine rings is 1. The molecule has 1 saturated heterocycles. The highest BCUT2D eigenvalue weighted by molar-refractivity contribution is 5.92. The van der Waals surface area contributed by atoms with Gasteiger partial charge >= 0.3 is 0 Å². The maximum atomic E-state index is 12.5. The third-order valence-corrected chi connectivity index (χ3v) is 5.12. The second-order valence-electron chi connectivity index (χ2n) is 6.98. The van der Waals surface area contributed by atoms with Crippen LogP contribution in [-0.2, 0) is 0 Å². The zero-order valence-electron chi connectivity index (χ0n) is 16.0. The van der Waals surface area contributed by atoms with Gasteiger partial charge < -0.3 is 14.2 Å². The fourth-order valence-electron chi connectivity index (χ4n) is 3.68. The Kier molecular flexibility index (Phi) is 4.23. The molecule has 0 aliphatic carbocycles. The van der Waals surface area contributed by atoms with Crippen LogP contribution in [0.3, 0.4) is 0 Å². The van der Waals surface area contributed by atoms with Crippen LogP contribution in [-0.4, -0.2) is 56.7 Å². The predicted octanol–water partition coefficient (Wildman–Crippen LogP) is 2.68. The van der Waals surface area contributed by atoms with Crippen LogP contribution in [0.1, 0.15) is 16.4 Å². The average Bonchev–Trinajstić information content (AvgIpc) is 3.44. The number of para-hydroxylation sites is 1. The zero-order chi connectivity index (χ0) is 19.8. The molecule has 4 aromatic rings. The van der Waals surface area contributed by atoms with Crippen LogP contribution in [0.15, 0.2) is 59.3 Å². The maximum Gasteiger partial charge on any atom is 0.289 e. The number of nitrogens with zero attached hydrogens (tertiary/aromatic N) is 6. The topological polar surface area (TPSA) is 80.3 Å². The summed E-state index contributed by atoms with van der Waals surface area (Å²) in [5.74, 6) is 1.86. The van der Waals surface area contributed by atoms with E-state index in [-0.39, 0.29) is 5.91 Å². The second kappa shape index (κ2) is 7.05. The molecular formula is C21H20N6O2. The van der Waals surface area contributed by atoms with Gasteiger partial charge in [0.2, 0.25) is 0 Å². The van der Waals surface area contributed by atoms with Crippen molar-refractivity contribution in [3.8, 4) is 5.69 Å². The Morgan fingerprint density at radius 1 is 1.00 bits per heavy atom. The first-order valence-electron chi connectivity index (χ1n) is 9.56. The van der Waals surface area contributed by atoms with Crippen molar-refractivity contribution in [2.45, 2.75) is 6.92 Å². The summed E-state index contributed by atoms with van der Waals surface area (Å²) >= 11 is 0. The lowest BCUT2D eigenvalue weighted by molar-refractivity contribution is 0.0714. The monoisotopic (exact) mass is 388 g/mol. The molecule has 4 heterocycles. The van der Waals surface area contributed by atoms with Crippen LogP contribution in [0.4, 0.5) is 5.82 Å². The van der Waals surface area contributed by atoms with Crippen molar-refractivity contribution in [2.24, 2.45) is 0 Å². The van der Waals surface area contributed by atoms with E-state index in [1.807, 2.05) is 53.0 Å². The summed E-state index contributed by atoms with van der Waals surface area (Å²) in [7, 11) is 0. The van der Waals surface area contributed by atoms with Crippen molar-refractivity contribution < 1.29 is 9.21 Å². The molecule has 1 aliphatic rings. The van der Waals surface area contributed by atoms with Crippen LogP contribution in [0.5, 0.6) is 0 Å². The van der Waals surface area contributed by atoms with Crippen molar-refractivity contribution in [3.05, 3.63) is 66.5 Å². The van der Waals surface area contributed by atoms with Crippen LogP contribution in [0.2, 0.25) is 0 Å². The Balaban J connectivity index is 1.43. The van der Waals surface area contributed by atoms with E-state index in [1.165, 1.54) is 6.26 Å². The van der Waals surface area contributed by atoms with E-state index >= 15 is 0 Å². The third-order valence-electron chi connectivity index (χ3n) is 5.12. The van der Waals surface area contributed by atoms with E-state index in [0.29, 0.717) is 37.8 Å². The van der Waals surface area contributed by atoms with E-state index in [0.717, 1.165) is 22.5 Å². The molecule has 1 aromatic carbocycles. The van der Waals surface area contributed by atoms with Gasteiger partial charge in [0, 0.05) is 26.2 Å². The lowest BCUT2D eigenvalue weighted by Crippen LogP contribution is -2.49. The Morgan fingerprint density at radius 3 is 2.52 bits per heavy atom. The van der Waals surface area contributed by atoms with Gasteiger partial charge in [-0.1, -0.05) is 18.2 Å². The summed E-state index contributed by atoms with van der Waals surface area (Å²) in [6, 6.07) is 13.4. The summed E-state index contributed by atoms with van der Waals surface area (Å²) < 4.78 is 7.08. The number of rotatable bonds is 3. The molecule has 0 atom stereocenters. The first-order chi connectivity index (χ1) is 14.2. The van der Waals surface area contributed by atoms with Crippen molar-refractivity contribution in [3.63, 3.8) is 0 Å². The van der Waals surface area contributed by atoms with Gasteiger partial charge in [0.15, 0.2) is 11.4 Å². The van der Waals surface area contributed by atoms with Gasteiger partial charge in [0.25, 0.3) is 5.91 Å². The highest BCUT2D eigenvalue weighted by Gasteiger charge is 2.26. The number of hydrogen-bond acceptors (Lipinski definition) is 6. The molecule has 3 aromatic heterocycles. The fourth-order valence-corrected chi connectivity index (χ4v) is 3.68. The molecule has 1 amide bonds. The first kappa shape index (κ1) is 17.4. The Labute approximate surface area is 167 Å². The number of benzene rings is 1. The molecule has 0 N–H and O–H groups in total. The minimum absolute atomic E-state index is 0.0736. The van der Waals surface area contributed by atoms with Crippen molar-refractivity contribution >= 4 is 22.8 Å². The average molecular weight is 388 g/mol. The van der Waals surface area contributed by atoms with Gasteiger partial charge in [-0.2, -0.15) is 5.10 Å². The lowest BCUT2D eigenvalue weighted by Gasteiger charge is -2.35. The van der Waals surface area contributed by atoms with Crippen LogP contribution < -0.4 is 4.90 Å². The molecule has 8 heteroatoms. The molecule has 0 unspecified atom stereocenters. The van der Waals surface area contributed by atoms with Gasteiger partial charge in [-0.15, -0.1) is 0 Å². The van der Waals surface area contributed by atoms with Gasteiger partial charge in [0.05, 0.1) is 23.5 Å². The largest absolute Gasteiger partial charge is 0.459 e. The molecular weight excluding hydrogens is 368 g/mol. The van der Waals surface area contributed by atoms with E-state index in [9.17, 15) is 4.79 Å². The van der Waals surface area contributed by atoms with Crippen molar-refractivity contribution in [1.82, 2.24) is 24.6 Å². The number of amides is 1. The van der Waals surface area contributed by atoms with E-state index in [1.54, 1.807) is 12.1 Å². The second-order valence-corrected chi connectivity index (χ2v) is 6.98. The number of aryl methyl sites for hydroxylation is 1. The number of fused-ring (bicyclic) bond motifs is 1. The summed E-state index contributed by atoms with van der Waals surface area (Å²) in [5, 5.41) is 5.46. The quantitative estimate of drug-likeness (QED) is 0.537. The maximum absolute atomic E-state index is 12.5. The third kappa shape index (κ3) is 3.12. The summed E-state index contributed by atoms with van der Waals surface area (Å²) in [5.41, 5.74) is 1.74. The number of carbonyl (C=O) groups excluding carboxylic acids is 1. The number of aromatic nitrogens is 4. The van der Waals surface area contributed by atoms with Crippen LogP contribution in [0, 0.1) is 6.92 Å². The molecule has 1 aliphatic heterocycles. The molecule has 146 valence electrons. The summed E-state index contributed by atoms with van der Waals surface area (Å²) in [4.78, 5) is 25.8. The minimum atomic E-state index is -0.0736. The smallest absolute Gasteiger partial charge is 0.289 e. The summed E-state index contributed by atoms with van der Waals surface area (Å²) in [6.45, 7) is 4.48. The Hall–Kier alpha value is -3.68. The zero-order valence-corrected chi connectivity index (χ0v) is 16.0. The molecule has 1 fully saturated rings. The molecule has 8 nitrogen and oxygen atoms in total. The lowest BCUT2D eigenvalue weighted by atomic mass is 10.2. The molecule has 0 bridgehead atoms. The minimum Gasteiger partial charge on any atom is -0.459 e. The molecule has 5 rings (SSSR count). The Morgan fingerprint density at radius 2 is 1.79 bits per heavy atom. The van der Waals surface area contributed by atoms with Crippen molar-refractivity contribution in [1.29, 1.82) is 0 Å². The highest BCUT2D eigenvalue weighted by Crippen LogP contribution is 2.26. The Bertz CT molecular complexity index is 1140. The fraction of sp³-hybridized carbons (Fsp3) is 0.238. The normalized spacial score (nSPS) is 14.5. The van der Waals surface area contributed by atoms with Gasteiger partial charge in [-0.25, -0.2) is 14.6 Å². The van der Waals surface area contributed by atoms with Gasteiger partial charge in [-0.3, -0.25) is 4.79 Å². The van der Waals surface area contributed by atoms with Crippen LogP contribution in [0.25, 0.3) is 16.7 Å². The standard InChI is InChI=1S/C21H20N6O2/c1-15-23-19(17-14-22-27(20(17)24-15)16-6-3-2-4-7-16)25-9-11-26(12-10-25)21(28)18-8-5-13-29-18/h2-8,13-14H,9-12H2,1H3. The molecule has 0 radical (unpaired) electrons. The molecule has 0 spiro atoms. The number of anilines is 1. The van der Waals surface area contributed by atoms with E-state index in [2.05, 4.69) is 15.0 Å². The summed E-state index contributed by atoms with van der Waals surface area (Å²) in [6.07, 6.45) is 3.34. The van der Waals surface area contributed by atoms with E-state index in [4.69, 9.17) is 9.40 Å². The van der Waals surface area contributed by atoms with E-state index < -0.39 is 0 Å². The molecule has 0 saturated carbocycles. The van der Waals surface area contributed by atoms with Crippen molar-refractivity contribution in [2.75, 3.05) is 31.1 Å². The highest BCUT2D eigenvalue weighted by atomic mass is 16.3. The molecule has 29 heavy (non-hydrogen) atoms.